The van der Waals surface area contributed by atoms with E-state index in [1.54, 1.807) is 6.92 Å². The van der Waals surface area contributed by atoms with Crippen molar-refractivity contribution in [3.05, 3.63) is 0 Å². The van der Waals surface area contributed by atoms with Crippen molar-refractivity contribution in [2.24, 2.45) is 0 Å². The van der Waals surface area contributed by atoms with Gasteiger partial charge >= 0.3 is 11.9 Å². The van der Waals surface area contributed by atoms with Crippen LogP contribution in [0.3, 0.4) is 0 Å². The summed E-state index contributed by atoms with van der Waals surface area (Å²) in [7, 11) is 5.52. The Bertz CT molecular complexity index is 684. The van der Waals surface area contributed by atoms with Crippen LogP contribution in [0.2, 0.25) is 0 Å². The Balaban J connectivity index is 0. The number of quaternary nitrogens is 2. The molecule has 0 rings (SSSR count). The lowest BCUT2D eigenvalue weighted by Crippen LogP contribution is -2.67. The van der Waals surface area contributed by atoms with E-state index in [1.165, 1.54) is 64.2 Å². The standard InChI is InChI=1S/C31H63NO5.C5H11NO2/c1-5-8-10-12-14-16-18-20-23-28(34)25-32(27(4)33,30(22-7-3)31(36)37)26-29(35)24-21-19-17-15-13-11-9-6-2;1-6(2,3)4-5(7)8/h27-30,33-35H,5-26H2,1-4H3;4H2,1-3H3/p+2. The van der Waals surface area contributed by atoms with Crippen molar-refractivity contribution in [2.75, 3.05) is 40.8 Å². The molecule has 0 aromatic heterocycles. The number of aliphatic hydroxyl groups excluding tert-OH is 3. The van der Waals surface area contributed by atoms with Crippen molar-refractivity contribution in [3.8, 4) is 0 Å². The molecule has 270 valence electrons. The summed E-state index contributed by atoms with van der Waals surface area (Å²) in [4.78, 5) is 22.3. The molecule has 0 spiro atoms. The first kappa shape index (κ1) is 45.9. The molecule has 0 bridgehead atoms. The summed E-state index contributed by atoms with van der Waals surface area (Å²) in [5.41, 5.74) is 0. The quantitative estimate of drug-likeness (QED) is 0.0336. The van der Waals surface area contributed by atoms with E-state index in [0.717, 1.165) is 38.5 Å². The second kappa shape index (κ2) is 27.8. The van der Waals surface area contributed by atoms with Gasteiger partial charge in [0, 0.05) is 13.3 Å². The van der Waals surface area contributed by atoms with E-state index >= 15 is 0 Å². The maximum atomic E-state index is 12.3. The summed E-state index contributed by atoms with van der Waals surface area (Å²) in [6.07, 6.45) is 18.9. The molecule has 0 radical (unpaired) electrons. The summed E-state index contributed by atoms with van der Waals surface area (Å²) in [5, 5.41) is 51.1. The van der Waals surface area contributed by atoms with Crippen molar-refractivity contribution in [2.45, 2.75) is 181 Å². The zero-order valence-corrected chi connectivity index (χ0v) is 30.5. The fourth-order valence-electron chi connectivity index (χ4n) is 6.17. The molecule has 0 saturated heterocycles. The van der Waals surface area contributed by atoms with Gasteiger partial charge in [-0.25, -0.2) is 9.59 Å². The Hall–Kier alpha value is -1.26. The Morgan fingerprint density at radius 3 is 1.16 bits per heavy atom. The smallest absolute Gasteiger partial charge is 0.362 e. The molecule has 0 aliphatic heterocycles. The lowest BCUT2D eigenvalue weighted by molar-refractivity contribution is -0.988. The molecule has 0 aliphatic carbocycles. The van der Waals surface area contributed by atoms with Gasteiger partial charge in [0.1, 0.15) is 25.3 Å². The predicted octanol–water partition coefficient (Wildman–Crippen LogP) is 6.96. The highest BCUT2D eigenvalue weighted by Crippen LogP contribution is 2.27. The highest BCUT2D eigenvalue weighted by atomic mass is 16.4. The van der Waals surface area contributed by atoms with Crippen LogP contribution in [0.15, 0.2) is 0 Å². The summed E-state index contributed by atoms with van der Waals surface area (Å²) < 4.78 is 0.314. The van der Waals surface area contributed by atoms with Crippen molar-refractivity contribution in [1.82, 2.24) is 0 Å². The van der Waals surface area contributed by atoms with E-state index in [2.05, 4.69) is 13.8 Å². The zero-order chi connectivity index (χ0) is 34.7. The van der Waals surface area contributed by atoms with E-state index in [1.807, 2.05) is 28.1 Å². The number of aliphatic carboxylic acids is 2. The summed E-state index contributed by atoms with van der Waals surface area (Å²) in [5.74, 6) is -1.71. The minimum Gasteiger partial charge on any atom is -0.477 e. The summed E-state index contributed by atoms with van der Waals surface area (Å²) >= 11 is 0. The van der Waals surface area contributed by atoms with Crippen molar-refractivity contribution >= 4 is 11.9 Å². The van der Waals surface area contributed by atoms with Gasteiger partial charge in [-0.3, -0.25) is 4.48 Å². The van der Waals surface area contributed by atoms with Gasteiger partial charge in [0.2, 0.25) is 0 Å². The normalized spacial score (nSPS) is 15.8. The van der Waals surface area contributed by atoms with Gasteiger partial charge in [-0.2, -0.15) is 0 Å². The van der Waals surface area contributed by atoms with Crippen LogP contribution in [-0.4, -0.2) is 112 Å². The van der Waals surface area contributed by atoms with Crippen LogP contribution in [0.5, 0.6) is 0 Å². The van der Waals surface area contributed by atoms with Crippen LogP contribution >= 0.6 is 0 Å². The van der Waals surface area contributed by atoms with E-state index in [-0.39, 0.29) is 24.1 Å². The number of rotatable bonds is 29. The second-order valence-corrected chi connectivity index (χ2v) is 14.4. The fourth-order valence-corrected chi connectivity index (χ4v) is 6.17. The largest absolute Gasteiger partial charge is 0.477 e. The monoisotopic (exact) mass is 649 g/mol. The summed E-state index contributed by atoms with van der Waals surface area (Å²) in [6.45, 7) is 8.52. The first-order valence-corrected chi connectivity index (χ1v) is 18.3. The molecule has 4 atom stereocenters. The van der Waals surface area contributed by atoms with E-state index in [9.17, 15) is 30.0 Å². The van der Waals surface area contributed by atoms with Gasteiger partial charge in [0.05, 0.1) is 21.1 Å². The zero-order valence-electron chi connectivity index (χ0n) is 30.5. The van der Waals surface area contributed by atoms with Crippen LogP contribution in [-0.2, 0) is 9.59 Å². The minimum atomic E-state index is -0.978. The molecule has 0 aromatic rings. The van der Waals surface area contributed by atoms with Crippen LogP contribution in [0.4, 0.5) is 0 Å². The average Bonchev–Trinajstić information content (AvgIpc) is 2.93. The maximum absolute atomic E-state index is 12.3. The first-order chi connectivity index (χ1) is 21.2. The van der Waals surface area contributed by atoms with E-state index < -0.39 is 36.4 Å². The molecule has 4 unspecified atom stereocenters. The van der Waals surface area contributed by atoms with Gasteiger partial charge < -0.3 is 30.0 Å². The van der Waals surface area contributed by atoms with Crippen LogP contribution in [0.1, 0.15) is 156 Å². The highest BCUT2D eigenvalue weighted by Gasteiger charge is 2.47. The fraction of sp³-hybridized carbons (Fsp3) is 0.944. The van der Waals surface area contributed by atoms with Gasteiger partial charge in [0.15, 0.2) is 18.8 Å². The third kappa shape index (κ3) is 25.5. The molecule has 45 heavy (non-hydrogen) atoms. The maximum Gasteiger partial charge on any atom is 0.362 e. The molecule has 0 aromatic carbocycles. The predicted molar refractivity (Wildman–Crippen MR) is 185 cm³/mol. The Labute approximate surface area is 277 Å². The molecule has 5 N–H and O–H groups in total. The molecule has 0 heterocycles. The Kier molecular flexibility index (Phi) is 28.3. The van der Waals surface area contributed by atoms with Gasteiger partial charge in [0.25, 0.3) is 0 Å². The highest BCUT2D eigenvalue weighted by molar-refractivity contribution is 5.72. The number of carboxylic acid groups (broad SMARTS) is 2. The Morgan fingerprint density at radius 1 is 0.556 bits per heavy atom. The molecule has 0 aliphatic rings. The lowest BCUT2D eigenvalue weighted by Gasteiger charge is -2.47. The van der Waals surface area contributed by atoms with Crippen molar-refractivity contribution in [3.63, 3.8) is 0 Å². The number of carboxylic acids is 2. The molecule has 0 fully saturated rings. The van der Waals surface area contributed by atoms with Crippen molar-refractivity contribution in [1.29, 1.82) is 0 Å². The van der Waals surface area contributed by atoms with Crippen molar-refractivity contribution < 1.29 is 44.1 Å². The average molecular weight is 649 g/mol. The summed E-state index contributed by atoms with van der Waals surface area (Å²) in [6, 6.07) is -0.841. The molecule has 0 saturated carbocycles. The number of nitrogens with zero attached hydrogens (tertiary/aromatic N) is 2. The number of aliphatic hydroxyl groups is 3. The number of likely N-dealkylation sites (N-methyl/N-ethyl adjacent to an activating group) is 1. The van der Waals surface area contributed by atoms with Gasteiger partial charge in [-0.1, -0.05) is 124 Å². The molecule has 9 heteroatoms. The molecular weight excluding hydrogens is 572 g/mol. The second-order valence-electron chi connectivity index (χ2n) is 14.4. The molecule has 9 nitrogen and oxygen atoms in total. The van der Waals surface area contributed by atoms with E-state index in [4.69, 9.17) is 5.11 Å². The Morgan fingerprint density at radius 2 is 0.911 bits per heavy atom. The third-order valence-electron chi connectivity index (χ3n) is 8.70. The van der Waals surface area contributed by atoms with Gasteiger partial charge in [-0.15, -0.1) is 0 Å². The van der Waals surface area contributed by atoms with Gasteiger partial charge in [-0.05, 0) is 19.3 Å². The number of hydrogen-bond donors (Lipinski definition) is 5. The topological polar surface area (TPSA) is 135 Å². The number of unbranched alkanes of at least 4 members (excludes halogenated alkanes) is 14. The first-order valence-electron chi connectivity index (χ1n) is 18.3. The number of carbonyl (C=O) groups is 2. The third-order valence-corrected chi connectivity index (χ3v) is 8.70. The molecular formula is C36H76N2O7+2. The molecule has 0 amide bonds. The SMILES string of the molecule is CCCCCCCCCCC(O)C[N+](CC(O)CCCCCCCCCC)(C(C)O)C(CCC)C(=O)O.C[N+](C)(C)CC(=O)O. The van der Waals surface area contributed by atoms with Crippen LogP contribution < -0.4 is 0 Å². The van der Waals surface area contributed by atoms with Crippen LogP contribution in [0, 0.1) is 0 Å². The van der Waals surface area contributed by atoms with E-state index in [0.29, 0.717) is 30.2 Å². The minimum absolute atomic E-state index is 0.166. The number of hydrogen-bond acceptors (Lipinski definition) is 5. The van der Waals surface area contributed by atoms with Crippen LogP contribution in [0.25, 0.3) is 0 Å². The lowest BCUT2D eigenvalue weighted by atomic mass is 9.99.